The quantitative estimate of drug-likeness (QED) is 0.745. The van der Waals surface area contributed by atoms with Gasteiger partial charge in [-0.25, -0.2) is 4.79 Å². The molecule has 0 heterocycles. The molecule has 0 bridgehead atoms. The van der Waals surface area contributed by atoms with Crippen LogP contribution < -0.4 is 10.1 Å². The van der Waals surface area contributed by atoms with Gasteiger partial charge < -0.3 is 14.8 Å². The maximum Gasteiger partial charge on any atom is 0.341 e. The predicted molar refractivity (Wildman–Crippen MR) is 93.3 cm³/mol. The Morgan fingerprint density at radius 1 is 1.26 bits per heavy atom. The number of aryl methyl sites for hydroxylation is 1. The van der Waals surface area contributed by atoms with E-state index in [9.17, 15) is 4.79 Å². The monoisotopic (exact) mass is 322 g/mol. The second-order valence-corrected chi connectivity index (χ2v) is 6.60. The number of esters is 1. The third-order valence-corrected chi connectivity index (χ3v) is 3.74. The van der Waals surface area contributed by atoms with Gasteiger partial charge in [-0.1, -0.05) is 11.6 Å². The molecule has 0 spiro atoms. The van der Waals surface area contributed by atoms with E-state index >= 15 is 0 Å². The Hall–Kier alpha value is -1.59. The molecule has 0 aliphatic rings. The lowest BCUT2D eigenvalue weighted by Gasteiger charge is -2.35. The van der Waals surface area contributed by atoms with Crippen LogP contribution in [-0.2, 0) is 4.74 Å². The molecule has 0 saturated heterocycles. The van der Waals surface area contributed by atoms with E-state index < -0.39 is 0 Å². The fraction of sp³-hybridized carbons (Fsp3) is 0.611. The Bertz CT molecular complexity index is 509. The molecule has 0 aliphatic heterocycles. The van der Waals surface area contributed by atoms with Gasteiger partial charge in [-0.15, -0.1) is 0 Å². The van der Waals surface area contributed by atoms with Crippen molar-refractivity contribution in [3.63, 3.8) is 0 Å². The Balaban J connectivity index is 2.72. The van der Waals surface area contributed by atoms with Crippen LogP contribution in [0.4, 0.5) is 0 Å². The van der Waals surface area contributed by atoms with Crippen molar-refractivity contribution < 1.29 is 14.3 Å². The molecule has 0 unspecified atom stereocenters. The molecule has 1 rings (SSSR count). The zero-order chi connectivity index (χ0) is 17.5. The van der Waals surface area contributed by atoms with Gasteiger partial charge in [0.25, 0.3) is 0 Å². The summed E-state index contributed by atoms with van der Waals surface area (Å²) in [5.41, 5.74) is 1.55. The smallest absolute Gasteiger partial charge is 0.341 e. The Kier molecular flexibility index (Phi) is 7.52. The highest BCUT2D eigenvalue weighted by Gasteiger charge is 2.21. The van der Waals surface area contributed by atoms with Gasteiger partial charge in [-0.3, -0.25) is 4.90 Å². The molecule has 1 N–H and O–H groups in total. The topological polar surface area (TPSA) is 50.8 Å². The summed E-state index contributed by atoms with van der Waals surface area (Å²) in [6, 6.07) is 5.56. The Labute approximate surface area is 140 Å². The lowest BCUT2D eigenvalue weighted by atomic mass is 10.1. The van der Waals surface area contributed by atoms with Gasteiger partial charge in [0, 0.05) is 25.2 Å². The van der Waals surface area contributed by atoms with Crippen LogP contribution in [0.3, 0.4) is 0 Å². The molecule has 0 amide bonds. The number of hydrogen-bond acceptors (Lipinski definition) is 5. The van der Waals surface area contributed by atoms with E-state index in [1.807, 2.05) is 26.1 Å². The maximum absolute atomic E-state index is 11.9. The molecular weight excluding hydrogens is 292 g/mol. The first kappa shape index (κ1) is 19.5. The van der Waals surface area contributed by atoms with Crippen LogP contribution in [0.2, 0.25) is 0 Å². The zero-order valence-electron chi connectivity index (χ0n) is 15.2. The summed E-state index contributed by atoms with van der Waals surface area (Å²) in [4.78, 5) is 14.2. The largest absolute Gasteiger partial charge is 0.491 e. The van der Waals surface area contributed by atoms with Gasteiger partial charge in [0.15, 0.2) is 0 Å². The molecule has 0 saturated carbocycles. The van der Waals surface area contributed by atoms with Crippen molar-refractivity contribution in [2.75, 3.05) is 40.4 Å². The molecule has 0 atom stereocenters. The number of hydrogen-bond donors (Lipinski definition) is 1. The number of rotatable bonds is 8. The highest BCUT2D eigenvalue weighted by atomic mass is 16.5. The molecule has 1 aromatic carbocycles. The minimum atomic E-state index is -0.369. The van der Waals surface area contributed by atoms with Crippen molar-refractivity contribution in [1.82, 2.24) is 10.2 Å². The molecule has 5 heteroatoms. The highest BCUT2D eigenvalue weighted by Crippen LogP contribution is 2.21. The number of benzene rings is 1. The summed E-state index contributed by atoms with van der Waals surface area (Å²) < 4.78 is 10.7. The number of nitrogens with zero attached hydrogens (tertiary/aromatic N) is 1. The van der Waals surface area contributed by atoms with E-state index in [2.05, 4.69) is 31.0 Å². The van der Waals surface area contributed by atoms with Gasteiger partial charge in [0.1, 0.15) is 17.9 Å². The van der Waals surface area contributed by atoms with Gasteiger partial charge in [-0.05, 0) is 46.9 Å². The van der Waals surface area contributed by atoms with Gasteiger partial charge >= 0.3 is 5.97 Å². The molecule has 0 aliphatic carbocycles. The normalized spacial score (nSPS) is 11.6. The van der Waals surface area contributed by atoms with Crippen molar-refractivity contribution in [2.24, 2.45) is 0 Å². The van der Waals surface area contributed by atoms with Crippen LogP contribution in [-0.4, -0.2) is 56.8 Å². The molecule has 0 aromatic heterocycles. The van der Waals surface area contributed by atoms with Crippen LogP contribution in [0.25, 0.3) is 0 Å². The van der Waals surface area contributed by atoms with Gasteiger partial charge in [0.05, 0.1) is 7.11 Å². The summed E-state index contributed by atoms with van der Waals surface area (Å²) in [6.45, 7) is 11.7. The van der Waals surface area contributed by atoms with Gasteiger partial charge in [-0.2, -0.15) is 0 Å². The van der Waals surface area contributed by atoms with Gasteiger partial charge in [0.2, 0.25) is 0 Å². The third-order valence-electron chi connectivity index (χ3n) is 3.74. The minimum absolute atomic E-state index is 0.0681. The highest BCUT2D eigenvalue weighted by molar-refractivity contribution is 5.92. The average Bonchev–Trinajstić information content (AvgIpc) is 2.49. The molecule has 23 heavy (non-hydrogen) atoms. The van der Waals surface area contributed by atoms with Crippen LogP contribution in [0.15, 0.2) is 18.2 Å². The number of likely N-dealkylation sites (N-methyl/N-ethyl adjacent to an activating group) is 1. The lowest BCUT2D eigenvalue weighted by molar-refractivity contribution is 0.0593. The maximum atomic E-state index is 11.9. The number of methoxy groups -OCH3 is 1. The fourth-order valence-electron chi connectivity index (χ4n) is 2.33. The summed E-state index contributed by atoms with van der Waals surface area (Å²) >= 11 is 0. The summed E-state index contributed by atoms with van der Waals surface area (Å²) in [5, 5.41) is 3.17. The van der Waals surface area contributed by atoms with Crippen LogP contribution >= 0.6 is 0 Å². The summed E-state index contributed by atoms with van der Waals surface area (Å²) in [5.74, 6) is 0.205. The molecule has 0 fully saturated rings. The first-order chi connectivity index (χ1) is 10.8. The molecular formula is C18H30N2O3. The molecule has 1 aromatic rings. The van der Waals surface area contributed by atoms with E-state index in [1.54, 1.807) is 6.07 Å². The van der Waals surface area contributed by atoms with E-state index in [0.717, 1.165) is 25.2 Å². The number of nitrogens with one attached hydrogen (secondary N) is 1. The second-order valence-electron chi connectivity index (χ2n) is 6.60. The lowest BCUT2D eigenvalue weighted by Crippen LogP contribution is -2.46. The molecule has 5 nitrogen and oxygen atoms in total. The Morgan fingerprint density at radius 3 is 2.52 bits per heavy atom. The SMILES string of the molecule is CNCCN(CCOc1ccc(C)cc1C(=O)OC)C(C)(C)C. The van der Waals surface area contributed by atoms with Crippen molar-refractivity contribution in [3.8, 4) is 5.75 Å². The third kappa shape index (κ3) is 6.20. The van der Waals surface area contributed by atoms with Crippen LogP contribution in [0.1, 0.15) is 36.7 Å². The van der Waals surface area contributed by atoms with Crippen LogP contribution in [0, 0.1) is 6.92 Å². The van der Waals surface area contributed by atoms with E-state index in [1.165, 1.54) is 7.11 Å². The first-order valence-electron chi connectivity index (χ1n) is 8.01. The van der Waals surface area contributed by atoms with E-state index in [-0.39, 0.29) is 11.5 Å². The Morgan fingerprint density at radius 2 is 1.96 bits per heavy atom. The molecule has 130 valence electrons. The predicted octanol–water partition coefficient (Wildman–Crippen LogP) is 2.48. The zero-order valence-corrected chi connectivity index (χ0v) is 15.2. The minimum Gasteiger partial charge on any atom is -0.491 e. The summed E-state index contributed by atoms with van der Waals surface area (Å²) in [7, 11) is 3.33. The number of carbonyl (C=O) groups is 1. The number of ether oxygens (including phenoxy) is 2. The average molecular weight is 322 g/mol. The van der Waals surface area contributed by atoms with Crippen molar-refractivity contribution in [1.29, 1.82) is 0 Å². The van der Waals surface area contributed by atoms with Crippen molar-refractivity contribution in [2.45, 2.75) is 33.2 Å². The van der Waals surface area contributed by atoms with Crippen molar-refractivity contribution in [3.05, 3.63) is 29.3 Å². The summed E-state index contributed by atoms with van der Waals surface area (Å²) in [6.07, 6.45) is 0. The van der Waals surface area contributed by atoms with Crippen molar-refractivity contribution >= 4 is 5.97 Å². The fourth-order valence-corrected chi connectivity index (χ4v) is 2.33. The molecule has 0 radical (unpaired) electrons. The number of carbonyl (C=O) groups excluding carboxylic acids is 1. The standard InChI is InChI=1S/C18H30N2O3/c1-14-7-8-16(15(13-14)17(21)22-6)23-12-11-20(10-9-19-5)18(2,3)4/h7-8,13,19H,9-12H2,1-6H3. The first-order valence-corrected chi connectivity index (χ1v) is 8.01. The van der Waals surface area contributed by atoms with E-state index in [4.69, 9.17) is 9.47 Å². The second kappa shape index (κ2) is 8.89. The van der Waals surface area contributed by atoms with Crippen LogP contribution in [0.5, 0.6) is 5.75 Å². The van der Waals surface area contributed by atoms with E-state index in [0.29, 0.717) is 17.9 Å².